The molecule has 1 aliphatic rings. The normalized spacial score (nSPS) is 22.8. The minimum atomic E-state index is -0.991. The molecule has 3 rings (SSSR count). The molecule has 0 saturated heterocycles. The Balaban J connectivity index is 1.85. The molecule has 1 fully saturated rings. The number of hydrogen-bond acceptors (Lipinski definition) is 3. The molecule has 2 heterocycles. The summed E-state index contributed by atoms with van der Waals surface area (Å²) in [5.74, 6) is -0.183. The number of aryl methyl sites for hydroxylation is 2. The Hall–Kier alpha value is -1.53. The predicted molar refractivity (Wildman–Crippen MR) is 84.3 cm³/mol. The van der Waals surface area contributed by atoms with Crippen LogP contribution in [0.4, 0.5) is 0 Å². The largest absolute Gasteiger partial charge is 0.351 e. The fraction of sp³-hybridized carbons (Fsp3) is 0.500. The number of carbonyl (C=O) groups excluding carboxylic acids is 1. The summed E-state index contributed by atoms with van der Waals surface area (Å²) in [6.07, 6.45) is 0.440. The standard InChI is InChI=1S/C14H16Cl2N4O2/c1-7-9(5-17-12(22)13(3)6-14(13,15)16)8(2)20-10(18-7)4-11(21)19-20/h4H,5-6H2,1-3H3,(H,17,22)(H,19,21)/t13-/m0/s1. The van der Waals surface area contributed by atoms with Gasteiger partial charge in [0, 0.05) is 29.6 Å². The molecule has 0 aromatic carbocycles. The van der Waals surface area contributed by atoms with E-state index >= 15 is 0 Å². The number of hydrogen-bond donors (Lipinski definition) is 2. The van der Waals surface area contributed by atoms with Crippen molar-refractivity contribution in [2.24, 2.45) is 5.41 Å². The Labute approximate surface area is 136 Å². The summed E-state index contributed by atoms with van der Waals surface area (Å²) in [4.78, 5) is 28.0. The fourth-order valence-electron chi connectivity index (χ4n) is 2.62. The number of fused-ring (bicyclic) bond motifs is 1. The van der Waals surface area contributed by atoms with Gasteiger partial charge in [0.1, 0.15) is 4.33 Å². The first-order chi connectivity index (χ1) is 10.2. The van der Waals surface area contributed by atoms with E-state index in [1.165, 1.54) is 6.07 Å². The van der Waals surface area contributed by atoms with Crippen LogP contribution in [0.2, 0.25) is 0 Å². The average Bonchev–Trinajstić information content (AvgIpc) is 2.76. The van der Waals surface area contributed by atoms with E-state index in [1.807, 2.05) is 13.8 Å². The van der Waals surface area contributed by atoms with Gasteiger partial charge in [-0.3, -0.25) is 14.7 Å². The molecule has 8 heteroatoms. The van der Waals surface area contributed by atoms with E-state index in [0.29, 0.717) is 18.6 Å². The van der Waals surface area contributed by atoms with Crippen LogP contribution < -0.4 is 10.9 Å². The van der Waals surface area contributed by atoms with Gasteiger partial charge in [-0.1, -0.05) is 0 Å². The molecule has 0 spiro atoms. The summed E-state index contributed by atoms with van der Waals surface area (Å²) in [5.41, 5.74) is 2.04. The maximum atomic E-state index is 12.2. The van der Waals surface area contributed by atoms with E-state index in [2.05, 4.69) is 15.4 Å². The third-order valence-corrected chi connectivity index (χ3v) is 5.49. The molecule has 118 valence electrons. The van der Waals surface area contributed by atoms with E-state index in [-0.39, 0.29) is 11.5 Å². The van der Waals surface area contributed by atoms with Gasteiger partial charge in [0.25, 0.3) is 5.56 Å². The molecule has 1 aliphatic carbocycles. The topological polar surface area (TPSA) is 79.3 Å². The molecule has 2 aromatic rings. The third-order valence-electron chi connectivity index (χ3n) is 4.39. The van der Waals surface area contributed by atoms with Crippen molar-refractivity contribution in [2.75, 3.05) is 0 Å². The first-order valence-electron chi connectivity index (χ1n) is 6.90. The van der Waals surface area contributed by atoms with E-state index < -0.39 is 9.75 Å². The molecule has 0 radical (unpaired) electrons. The van der Waals surface area contributed by atoms with Crippen molar-refractivity contribution in [1.82, 2.24) is 19.9 Å². The van der Waals surface area contributed by atoms with Crippen LogP contribution >= 0.6 is 23.2 Å². The number of rotatable bonds is 3. The smallest absolute Gasteiger partial charge is 0.266 e. The lowest BCUT2D eigenvalue weighted by molar-refractivity contribution is -0.125. The van der Waals surface area contributed by atoms with Crippen LogP contribution in [0.15, 0.2) is 10.9 Å². The number of aromatic amines is 1. The molecular weight excluding hydrogens is 327 g/mol. The van der Waals surface area contributed by atoms with Crippen molar-refractivity contribution < 1.29 is 4.79 Å². The minimum Gasteiger partial charge on any atom is -0.351 e. The van der Waals surface area contributed by atoms with Crippen LogP contribution in [0.5, 0.6) is 0 Å². The highest BCUT2D eigenvalue weighted by Gasteiger charge is 2.67. The lowest BCUT2D eigenvalue weighted by atomic mass is 10.1. The number of H-pyrrole nitrogens is 1. The Morgan fingerprint density at radius 2 is 2.14 bits per heavy atom. The summed E-state index contributed by atoms with van der Waals surface area (Å²) in [7, 11) is 0. The summed E-state index contributed by atoms with van der Waals surface area (Å²) >= 11 is 12.0. The average molecular weight is 343 g/mol. The van der Waals surface area contributed by atoms with Crippen LogP contribution in [0, 0.1) is 19.3 Å². The lowest BCUT2D eigenvalue weighted by Gasteiger charge is -2.15. The number of aromatic nitrogens is 3. The number of alkyl halides is 2. The molecule has 6 nitrogen and oxygen atoms in total. The Bertz CT molecular complexity index is 839. The molecule has 22 heavy (non-hydrogen) atoms. The predicted octanol–water partition coefficient (Wildman–Crippen LogP) is 1.84. The van der Waals surface area contributed by atoms with Crippen molar-refractivity contribution in [3.63, 3.8) is 0 Å². The number of nitrogens with zero attached hydrogens (tertiary/aromatic N) is 2. The molecular formula is C14H16Cl2N4O2. The van der Waals surface area contributed by atoms with E-state index in [1.54, 1.807) is 11.4 Å². The fourth-order valence-corrected chi connectivity index (χ4v) is 3.33. The van der Waals surface area contributed by atoms with Crippen LogP contribution in [0.25, 0.3) is 5.65 Å². The van der Waals surface area contributed by atoms with E-state index in [9.17, 15) is 9.59 Å². The Morgan fingerprint density at radius 3 is 2.73 bits per heavy atom. The molecule has 0 aliphatic heterocycles. The third kappa shape index (κ3) is 2.21. The summed E-state index contributed by atoms with van der Waals surface area (Å²) < 4.78 is 0.623. The van der Waals surface area contributed by atoms with Gasteiger partial charge in [0.2, 0.25) is 5.91 Å². The molecule has 0 unspecified atom stereocenters. The first kappa shape index (κ1) is 15.4. The minimum absolute atomic E-state index is 0.183. The number of nitrogens with one attached hydrogen (secondary N) is 2. The van der Waals surface area contributed by atoms with Crippen LogP contribution in [0.3, 0.4) is 0 Å². The van der Waals surface area contributed by atoms with Gasteiger partial charge in [-0.05, 0) is 27.2 Å². The molecule has 2 N–H and O–H groups in total. The zero-order valence-electron chi connectivity index (χ0n) is 12.5. The van der Waals surface area contributed by atoms with Crippen molar-refractivity contribution in [2.45, 2.75) is 38.1 Å². The molecule has 0 bridgehead atoms. The van der Waals surface area contributed by atoms with Crippen molar-refractivity contribution in [1.29, 1.82) is 0 Å². The second-order valence-electron chi connectivity index (χ2n) is 5.97. The van der Waals surface area contributed by atoms with Gasteiger partial charge in [-0.2, -0.15) is 0 Å². The zero-order valence-corrected chi connectivity index (χ0v) is 14.0. The van der Waals surface area contributed by atoms with E-state index in [4.69, 9.17) is 23.2 Å². The summed E-state index contributed by atoms with van der Waals surface area (Å²) in [5, 5.41) is 5.54. The SMILES string of the molecule is Cc1nc2cc(=O)[nH]n2c(C)c1CNC(=O)[C@]1(C)CC1(Cl)Cl. The highest BCUT2D eigenvalue weighted by atomic mass is 35.5. The van der Waals surface area contributed by atoms with Crippen molar-refractivity contribution in [3.8, 4) is 0 Å². The van der Waals surface area contributed by atoms with Gasteiger partial charge in [-0.25, -0.2) is 9.50 Å². The summed E-state index contributed by atoms with van der Waals surface area (Å²) in [6, 6.07) is 1.43. The highest BCUT2D eigenvalue weighted by Crippen LogP contribution is 2.63. The van der Waals surface area contributed by atoms with Crippen molar-refractivity contribution >= 4 is 34.8 Å². The zero-order chi connectivity index (χ0) is 16.3. The maximum absolute atomic E-state index is 12.2. The van der Waals surface area contributed by atoms with E-state index in [0.717, 1.165) is 17.0 Å². The lowest BCUT2D eigenvalue weighted by Crippen LogP contribution is -2.33. The molecule has 1 amide bonds. The second-order valence-corrected chi connectivity index (χ2v) is 7.46. The first-order valence-corrected chi connectivity index (χ1v) is 7.65. The summed E-state index contributed by atoms with van der Waals surface area (Å²) in [6.45, 7) is 5.76. The van der Waals surface area contributed by atoms with Crippen molar-refractivity contribution in [3.05, 3.63) is 33.4 Å². The van der Waals surface area contributed by atoms with Gasteiger partial charge in [0.05, 0.1) is 5.41 Å². The monoisotopic (exact) mass is 342 g/mol. The Morgan fingerprint density at radius 1 is 1.50 bits per heavy atom. The van der Waals surface area contributed by atoms with Crippen LogP contribution in [0.1, 0.15) is 30.3 Å². The highest BCUT2D eigenvalue weighted by molar-refractivity contribution is 6.53. The number of carbonyl (C=O) groups is 1. The van der Waals surface area contributed by atoms with Gasteiger partial charge >= 0.3 is 0 Å². The molecule has 1 saturated carbocycles. The van der Waals surface area contributed by atoms with Crippen LogP contribution in [-0.4, -0.2) is 24.8 Å². The van der Waals surface area contributed by atoms with Gasteiger partial charge in [-0.15, -0.1) is 23.2 Å². The Kier molecular flexibility index (Phi) is 3.30. The molecule has 2 aromatic heterocycles. The van der Waals surface area contributed by atoms with Crippen LogP contribution in [-0.2, 0) is 11.3 Å². The van der Waals surface area contributed by atoms with Gasteiger partial charge in [0.15, 0.2) is 5.65 Å². The quantitative estimate of drug-likeness (QED) is 0.835. The second kappa shape index (κ2) is 4.73. The maximum Gasteiger partial charge on any atom is 0.266 e. The molecule has 1 atom stereocenters. The van der Waals surface area contributed by atoms with Gasteiger partial charge < -0.3 is 5.32 Å². The number of amides is 1. The number of halogens is 2.